The first-order chi connectivity index (χ1) is 12.2. The summed E-state index contributed by atoms with van der Waals surface area (Å²) in [6, 6.07) is 13.4. The summed E-state index contributed by atoms with van der Waals surface area (Å²) in [5, 5.41) is 2.09. The molecule has 0 aliphatic heterocycles. The molecule has 2 aromatic carbocycles. The van der Waals surface area contributed by atoms with Gasteiger partial charge >= 0.3 is 0 Å². The lowest BCUT2D eigenvalue weighted by atomic mass is 9.99. The van der Waals surface area contributed by atoms with Crippen molar-refractivity contribution in [3.05, 3.63) is 48.0 Å². The van der Waals surface area contributed by atoms with Crippen molar-refractivity contribution in [2.75, 3.05) is 0 Å². The zero-order chi connectivity index (χ0) is 17.9. The van der Waals surface area contributed by atoms with Crippen LogP contribution in [0.25, 0.3) is 10.8 Å². The topological polar surface area (TPSA) is 34.1 Å². The Morgan fingerprint density at radius 1 is 0.720 bits per heavy atom. The molecular weight excluding hydrogens is 308 g/mol. The molecule has 2 nitrogen and oxygen atoms in total. The maximum absolute atomic E-state index is 12.3. The molecule has 0 radical (unpaired) electrons. The molecule has 0 unspecified atom stereocenters. The lowest BCUT2D eigenvalue weighted by Gasteiger charge is -2.04. The van der Waals surface area contributed by atoms with E-state index in [0.717, 1.165) is 23.6 Å². The summed E-state index contributed by atoms with van der Waals surface area (Å²) in [6.45, 7) is 2.23. The molecule has 2 heteroatoms. The molecule has 134 valence electrons. The molecule has 25 heavy (non-hydrogen) atoms. The first-order valence-corrected chi connectivity index (χ1v) is 9.78. The van der Waals surface area contributed by atoms with Crippen molar-refractivity contribution >= 4 is 22.3 Å². The van der Waals surface area contributed by atoms with Crippen molar-refractivity contribution in [1.29, 1.82) is 0 Å². The van der Waals surface area contributed by atoms with Crippen LogP contribution in [0.3, 0.4) is 0 Å². The number of ketones is 2. The third-order valence-electron chi connectivity index (χ3n) is 4.77. The van der Waals surface area contributed by atoms with Crippen molar-refractivity contribution in [2.24, 2.45) is 0 Å². The van der Waals surface area contributed by atoms with E-state index in [4.69, 9.17) is 0 Å². The zero-order valence-corrected chi connectivity index (χ0v) is 15.4. The normalized spacial score (nSPS) is 10.9. The van der Waals surface area contributed by atoms with Crippen LogP contribution in [0.1, 0.15) is 81.5 Å². The second kappa shape index (κ2) is 10.8. The molecule has 2 aromatic rings. The summed E-state index contributed by atoms with van der Waals surface area (Å²) < 4.78 is 0. The summed E-state index contributed by atoms with van der Waals surface area (Å²) in [5.74, 6) is -0.594. The van der Waals surface area contributed by atoms with Crippen molar-refractivity contribution in [2.45, 2.75) is 71.1 Å². The lowest BCUT2D eigenvalue weighted by molar-refractivity contribution is -0.115. The predicted molar refractivity (Wildman–Crippen MR) is 105 cm³/mol. The molecule has 0 N–H and O–H groups in total. The SMILES string of the molecule is CCCCCCCCCCCC(=O)C(=O)c1ccc2ccccc2c1. The second-order valence-electron chi connectivity index (χ2n) is 6.89. The van der Waals surface area contributed by atoms with Gasteiger partial charge < -0.3 is 0 Å². The number of unbranched alkanes of at least 4 members (excludes halogenated alkanes) is 8. The second-order valence-corrected chi connectivity index (χ2v) is 6.89. The number of rotatable bonds is 12. The van der Waals surface area contributed by atoms with Gasteiger partial charge in [-0.1, -0.05) is 94.7 Å². The van der Waals surface area contributed by atoms with Gasteiger partial charge in [-0.3, -0.25) is 9.59 Å². The van der Waals surface area contributed by atoms with E-state index in [-0.39, 0.29) is 11.6 Å². The van der Waals surface area contributed by atoms with Gasteiger partial charge in [0.2, 0.25) is 11.6 Å². The minimum atomic E-state index is -0.342. The van der Waals surface area contributed by atoms with Crippen LogP contribution < -0.4 is 0 Å². The van der Waals surface area contributed by atoms with Gasteiger partial charge in [-0.05, 0) is 23.3 Å². The molecule has 0 atom stereocenters. The Labute approximate surface area is 151 Å². The van der Waals surface area contributed by atoms with Crippen LogP contribution in [0.5, 0.6) is 0 Å². The summed E-state index contributed by atoms with van der Waals surface area (Å²) in [7, 11) is 0. The van der Waals surface area contributed by atoms with Crippen LogP contribution in [0.2, 0.25) is 0 Å². The minimum Gasteiger partial charge on any atom is -0.290 e. The van der Waals surface area contributed by atoms with Crippen molar-refractivity contribution in [3.63, 3.8) is 0 Å². The van der Waals surface area contributed by atoms with Gasteiger partial charge in [0.25, 0.3) is 0 Å². The van der Waals surface area contributed by atoms with Crippen molar-refractivity contribution in [1.82, 2.24) is 0 Å². The molecule has 0 saturated heterocycles. The van der Waals surface area contributed by atoms with Crippen LogP contribution in [0, 0.1) is 0 Å². The fourth-order valence-corrected chi connectivity index (χ4v) is 3.20. The Kier molecular flexibility index (Phi) is 8.38. The van der Waals surface area contributed by atoms with E-state index in [9.17, 15) is 9.59 Å². The molecule has 0 aliphatic rings. The average Bonchev–Trinajstić information content (AvgIpc) is 2.65. The number of carbonyl (C=O) groups excluding carboxylic acids is 2. The van der Waals surface area contributed by atoms with Crippen LogP contribution in [-0.2, 0) is 4.79 Å². The number of hydrogen-bond donors (Lipinski definition) is 0. The molecule has 0 aromatic heterocycles. The van der Waals surface area contributed by atoms with Crippen LogP contribution in [0.4, 0.5) is 0 Å². The van der Waals surface area contributed by atoms with Crippen molar-refractivity contribution in [3.8, 4) is 0 Å². The Morgan fingerprint density at radius 3 is 2.00 bits per heavy atom. The Bertz CT molecular complexity index is 687. The van der Waals surface area contributed by atoms with E-state index in [0.29, 0.717) is 12.0 Å². The Balaban J connectivity index is 1.68. The average molecular weight is 338 g/mol. The lowest BCUT2D eigenvalue weighted by Crippen LogP contribution is -2.13. The maximum Gasteiger partial charge on any atom is 0.228 e. The van der Waals surface area contributed by atoms with Gasteiger partial charge in [-0.25, -0.2) is 0 Å². The Morgan fingerprint density at radius 2 is 1.32 bits per heavy atom. The fourth-order valence-electron chi connectivity index (χ4n) is 3.20. The third-order valence-corrected chi connectivity index (χ3v) is 4.77. The molecule has 0 amide bonds. The van der Waals surface area contributed by atoms with E-state index in [1.807, 2.05) is 36.4 Å². The highest BCUT2D eigenvalue weighted by atomic mass is 16.2. The monoisotopic (exact) mass is 338 g/mol. The number of fused-ring (bicyclic) bond motifs is 1. The minimum absolute atomic E-state index is 0.252. The third kappa shape index (κ3) is 6.45. The predicted octanol–water partition coefficient (Wildman–Crippen LogP) is 6.51. The van der Waals surface area contributed by atoms with Crippen LogP contribution >= 0.6 is 0 Å². The molecule has 0 heterocycles. The van der Waals surface area contributed by atoms with Gasteiger partial charge in [-0.15, -0.1) is 0 Å². The van der Waals surface area contributed by atoms with E-state index in [1.165, 1.54) is 44.9 Å². The Hall–Kier alpha value is -1.96. The first kappa shape index (κ1) is 19.4. The first-order valence-electron chi connectivity index (χ1n) is 9.78. The fraction of sp³-hybridized carbons (Fsp3) is 0.478. The van der Waals surface area contributed by atoms with Crippen molar-refractivity contribution < 1.29 is 9.59 Å². The molecule has 0 aliphatic carbocycles. The summed E-state index contributed by atoms with van der Waals surface area (Å²) >= 11 is 0. The van der Waals surface area contributed by atoms with E-state index in [2.05, 4.69) is 6.92 Å². The standard InChI is InChI=1S/C23H30O2/c1-2-3-4-5-6-7-8-9-10-15-22(24)23(25)21-17-16-19-13-11-12-14-20(19)18-21/h11-14,16-18H,2-10,15H2,1H3. The molecule has 0 fully saturated rings. The van der Waals surface area contributed by atoms with Gasteiger partial charge in [0.15, 0.2) is 0 Å². The molecule has 0 spiro atoms. The van der Waals surface area contributed by atoms with Gasteiger partial charge in [0.05, 0.1) is 0 Å². The number of hydrogen-bond acceptors (Lipinski definition) is 2. The van der Waals surface area contributed by atoms with Gasteiger partial charge in [0.1, 0.15) is 0 Å². The maximum atomic E-state index is 12.3. The number of carbonyl (C=O) groups is 2. The molecule has 2 rings (SSSR count). The number of Topliss-reactive ketones (excluding diaryl/α,β-unsaturated/α-hetero) is 2. The van der Waals surface area contributed by atoms with E-state index in [1.54, 1.807) is 6.07 Å². The molecule has 0 bridgehead atoms. The highest BCUT2D eigenvalue weighted by Crippen LogP contribution is 2.17. The highest BCUT2D eigenvalue weighted by molar-refractivity contribution is 6.43. The molecule has 0 saturated carbocycles. The highest BCUT2D eigenvalue weighted by Gasteiger charge is 2.15. The smallest absolute Gasteiger partial charge is 0.228 e. The van der Waals surface area contributed by atoms with E-state index >= 15 is 0 Å². The van der Waals surface area contributed by atoms with E-state index < -0.39 is 0 Å². The largest absolute Gasteiger partial charge is 0.290 e. The summed E-state index contributed by atoms with van der Waals surface area (Å²) in [4.78, 5) is 24.4. The van der Waals surface area contributed by atoms with Crippen LogP contribution in [0.15, 0.2) is 42.5 Å². The van der Waals surface area contributed by atoms with Gasteiger partial charge in [-0.2, -0.15) is 0 Å². The van der Waals surface area contributed by atoms with Gasteiger partial charge in [0, 0.05) is 12.0 Å². The summed E-state index contributed by atoms with van der Waals surface area (Å²) in [6.07, 6.45) is 11.3. The summed E-state index contributed by atoms with van der Waals surface area (Å²) in [5.41, 5.74) is 0.514. The quantitative estimate of drug-likeness (QED) is 0.251. The number of benzene rings is 2. The zero-order valence-electron chi connectivity index (χ0n) is 15.4. The van der Waals surface area contributed by atoms with Crippen LogP contribution in [-0.4, -0.2) is 11.6 Å². The molecular formula is C23H30O2.